The number of anilines is 1. The van der Waals surface area contributed by atoms with Crippen LogP contribution in [0.5, 0.6) is 0 Å². The third kappa shape index (κ3) is 3.08. The predicted octanol–water partition coefficient (Wildman–Crippen LogP) is 0.791. The van der Waals surface area contributed by atoms with Gasteiger partial charge in [0.1, 0.15) is 5.82 Å². The van der Waals surface area contributed by atoms with E-state index in [0.29, 0.717) is 30.9 Å². The lowest BCUT2D eigenvalue weighted by molar-refractivity contribution is -0.0372. The van der Waals surface area contributed by atoms with Crippen LogP contribution < -0.4 is 10.2 Å². The molecule has 0 spiro atoms. The van der Waals surface area contributed by atoms with E-state index in [1.807, 2.05) is 4.90 Å². The van der Waals surface area contributed by atoms with Gasteiger partial charge in [0.2, 0.25) is 0 Å². The van der Waals surface area contributed by atoms with Crippen molar-refractivity contribution in [1.82, 2.24) is 10.3 Å². The van der Waals surface area contributed by atoms with Crippen LogP contribution in [-0.4, -0.2) is 54.0 Å². The maximum Gasteiger partial charge on any atom is 0.254 e. The van der Waals surface area contributed by atoms with Gasteiger partial charge < -0.3 is 20.4 Å². The van der Waals surface area contributed by atoms with Crippen LogP contribution in [0.3, 0.4) is 0 Å². The molecule has 0 saturated carbocycles. The lowest BCUT2D eigenvalue weighted by Crippen LogP contribution is -2.53. The summed E-state index contributed by atoms with van der Waals surface area (Å²) in [5.41, 5.74) is 0.0666. The molecule has 2 rings (SSSR count). The van der Waals surface area contributed by atoms with E-state index in [1.165, 1.54) is 0 Å². The third-order valence-electron chi connectivity index (χ3n) is 4.60. The fraction of sp³-hybridized carbons (Fsp3) is 0.625. The second-order valence-electron chi connectivity index (χ2n) is 5.94. The average molecular weight is 307 g/mol. The summed E-state index contributed by atoms with van der Waals surface area (Å²) >= 11 is 0. The quantitative estimate of drug-likeness (QED) is 0.749. The van der Waals surface area contributed by atoms with Crippen LogP contribution in [0.4, 0.5) is 5.82 Å². The summed E-state index contributed by atoms with van der Waals surface area (Å²) in [5.74, 6) is 0.397. The molecule has 1 aromatic heterocycles. The molecule has 22 heavy (non-hydrogen) atoms. The number of pyridine rings is 1. The number of nitrogens with zero attached hydrogens (tertiary/aromatic N) is 2. The predicted molar refractivity (Wildman–Crippen MR) is 84.9 cm³/mol. The van der Waals surface area contributed by atoms with Gasteiger partial charge in [0.15, 0.2) is 0 Å². The van der Waals surface area contributed by atoms with Crippen LogP contribution in [0.1, 0.15) is 36.5 Å². The Morgan fingerprint density at radius 3 is 2.95 bits per heavy atom. The fourth-order valence-electron chi connectivity index (χ4n) is 3.22. The number of β-amino-alcohol motifs (C(OH)–C–C–N with tert-alkyl or cyclic N) is 1. The minimum atomic E-state index is -0.634. The van der Waals surface area contributed by atoms with Crippen LogP contribution >= 0.6 is 0 Å². The molecule has 1 fully saturated rings. The summed E-state index contributed by atoms with van der Waals surface area (Å²) in [6, 6.07) is 3.46. The standard InChI is InChI=1S/C16H25N3O3/c1-3-6-16(11-20)7-9-19(10-13(16)21)14-12(15(22)17-2)5-4-8-18-14/h4-5,8,13,20-21H,3,6-7,9-11H2,1-2H3,(H,17,22)/t13-,16-/m1/s1. The van der Waals surface area contributed by atoms with E-state index in [9.17, 15) is 15.0 Å². The van der Waals surface area contributed by atoms with Crippen molar-refractivity contribution in [2.75, 3.05) is 31.6 Å². The van der Waals surface area contributed by atoms with E-state index in [2.05, 4.69) is 17.2 Å². The topological polar surface area (TPSA) is 85.7 Å². The number of rotatable bonds is 5. The van der Waals surface area contributed by atoms with Gasteiger partial charge in [0.25, 0.3) is 5.91 Å². The van der Waals surface area contributed by atoms with E-state index < -0.39 is 11.5 Å². The molecule has 6 nitrogen and oxygen atoms in total. The largest absolute Gasteiger partial charge is 0.396 e. The second kappa shape index (κ2) is 7.07. The molecule has 2 atom stereocenters. The van der Waals surface area contributed by atoms with Crippen molar-refractivity contribution in [1.29, 1.82) is 0 Å². The number of aliphatic hydroxyl groups is 2. The molecular formula is C16H25N3O3. The normalized spacial score (nSPS) is 25.1. The molecule has 3 N–H and O–H groups in total. The number of hydrogen-bond donors (Lipinski definition) is 3. The highest BCUT2D eigenvalue weighted by molar-refractivity contribution is 5.98. The number of aromatic nitrogens is 1. The smallest absolute Gasteiger partial charge is 0.254 e. The van der Waals surface area contributed by atoms with Crippen molar-refractivity contribution < 1.29 is 15.0 Å². The van der Waals surface area contributed by atoms with E-state index >= 15 is 0 Å². The van der Waals surface area contributed by atoms with E-state index in [-0.39, 0.29) is 12.5 Å². The Labute approximate surface area is 131 Å². The molecule has 0 radical (unpaired) electrons. The van der Waals surface area contributed by atoms with Gasteiger partial charge in [-0.3, -0.25) is 4.79 Å². The maximum atomic E-state index is 12.0. The molecular weight excluding hydrogens is 282 g/mol. The van der Waals surface area contributed by atoms with Gasteiger partial charge in [-0.25, -0.2) is 4.98 Å². The second-order valence-corrected chi connectivity index (χ2v) is 5.94. The fourth-order valence-corrected chi connectivity index (χ4v) is 3.22. The lowest BCUT2D eigenvalue weighted by atomic mass is 9.73. The van der Waals surface area contributed by atoms with Crippen molar-refractivity contribution in [3.8, 4) is 0 Å². The molecule has 1 aliphatic rings. The number of nitrogens with one attached hydrogen (secondary N) is 1. The Kier molecular flexibility index (Phi) is 5.37. The number of carbonyl (C=O) groups excluding carboxylic acids is 1. The third-order valence-corrected chi connectivity index (χ3v) is 4.60. The molecule has 2 heterocycles. The molecule has 122 valence electrons. The Bertz CT molecular complexity index is 523. The number of aliphatic hydroxyl groups excluding tert-OH is 2. The molecule has 1 amide bonds. The van der Waals surface area contributed by atoms with Crippen molar-refractivity contribution in [2.45, 2.75) is 32.3 Å². The number of carbonyl (C=O) groups is 1. The molecule has 0 aromatic carbocycles. The number of piperidine rings is 1. The van der Waals surface area contributed by atoms with Crippen LogP contribution in [-0.2, 0) is 0 Å². The summed E-state index contributed by atoms with van der Waals surface area (Å²) < 4.78 is 0. The first-order valence-electron chi connectivity index (χ1n) is 7.79. The van der Waals surface area contributed by atoms with Gasteiger partial charge >= 0.3 is 0 Å². The van der Waals surface area contributed by atoms with Crippen molar-refractivity contribution in [3.05, 3.63) is 23.9 Å². The minimum absolute atomic E-state index is 0.0135. The van der Waals surface area contributed by atoms with Gasteiger partial charge in [0, 0.05) is 31.7 Å². The average Bonchev–Trinajstić information content (AvgIpc) is 2.56. The van der Waals surface area contributed by atoms with Gasteiger partial charge in [0.05, 0.1) is 18.3 Å². The molecule has 0 unspecified atom stereocenters. The van der Waals surface area contributed by atoms with Gasteiger partial charge in [-0.1, -0.05) is 13.3 Å². The van der Waals surface area contributed by atoms with Crippen molar-refractivity contribution in [2.24, 2.45) is 5.41 Å². The highest BCUT2D eigenvalue weighted by Gasteiger charge is 2.41. The zero-order valence-corrected chi connectivity index (χ0v) is 13.2. The van der Waals surface area contributed by atoms with Crippen molar-refractivity contribution >= 4 is 11.7 Å². The van der Waals surface area contributed by atoms with E-state index in [4.69, 9.17) is 0 Å². The number of amides is 1. The van der Waals surface area contributed by atoms with Crippen LogP contribution in [0.15, 0.2) is 18.3 Å². The van der Waals surface area contributed by atoms with Crippen LogP contribution in [0.2, 0.25) is 0 Å². The number of hydrogen-bond acceptors (Lipinski definition) is 5. The maximum absolute atomic E-state index is 12.0. The molecule has 0 bridgehead atoms. The van der Waals surface area contributed by atoms with E-state index in [1.54, 1.807) is 25.4 Å². The Morgan fingerprint density at radius 1 is 1.59 bits per heavy atom. The lowest BCUT2D eigenvalue weighted by Gasteiger charge is -2.45. The van der Waals surface area contributed by atoms with Crippen LogP contribution in [0.25, 0.3) is 0 Å². The summed E-state index contributed by atoms with van der Waals surface area (Å²) in [6.07, 6.45) is 3.41. The summed E-state index contributed by atoms with van der Waals surface area (Å²) in [6.45, 7) is 3.08. The minimum Gasteiger partial charge on any atom is -0.396 e. The molecule has 1 aromatic rings. The molecule has 1 saturated heterocycles. The summed E-state index contributed by atoms with van der Waals surface area (Å²) in [5, 5.41) is 22.9. The molecule has 6 heteroatoms. The Morgan fingerprint density at radius 2 is 2.36 bits per heavy atom. The zero-order valence-electron chi connectivity index (χ0n) is 13.2. The van der Waals surface area contributed by atoms with Gasteiger partial charge in [-0.05, 0) is 25.0 Å². The first-order valence-corrected chi connectivity index (χ1v) is 7.79. The highest BCUT2D eigenvalue weighted by Crippen LogP contribution is 2.37. The Hall–Kier alpha value is -1.66. The summed E-state index contributed by atoms with van der Waals surface area (Å²) in [4.78, 5) is 18.2. The molecule has 0 aliphatic carbocycles. The van der Waals surface area contributed by atoms with E-state index in [0.717, 1.165) is 12.8 Å². The summed E-state index contributed by atoms with van der Waals surface area (Å²) in [7, 11) is 1.59. The Balaban J connectivity index is 2.22. The first-order chi connectivity index (χ1) is 10.6. The van der Waals surface area contributed by atoms with Gasteiger partial charge in [-0.15, -0.1) is 0 Å². The van der Waals surface area contributed by atoms with Crippen molar-refractivity contribution in [3.63, 3.8) is 0 Å². The highest BCUT2D eigenvalue weighted by atomic mass is 16.3. The zero-order chi connectivity index (χ0) is 16.2. The molecule has 1 aliphatic heterocycles. The van der Waals surface area contributed by atoms with Crippen LogP contribution in [0, 0.1) is 5.41 Å². The first kappa shape index (κ1) is 16.7. The SMILES string of the molecule is CCC[C@]1(CO)CCN(c2ncccc2C(=O)NC)C[C@H]1O. The monoisotopic (exact) mass is 307 g/mol. The van der Waals surface area contributed by atoms with Gasteiger partial charge in [-0.2, -0.15) is 0 Å².